The molecule has 10 heteroatoms. The van der Waals surface area contributed by atoms with Crippen LogP contribution in [0.25, 0.3) is 11.3 Å². The van der Waals surface area contributed by atoms with Crippen molar-refractivity contribution in [3.63, 3.8) is 0 Å². The number of amides is 1. The molecule has 0 fully saturated rings. The van der Waals surface area contributed by atoms with Gasteiger partial charge in [-0.2, -0.15) is 0 Å². The lowest BCUT2D eigenvalue weighted by atomic mass is 10.0. The molecule has 0 spiro atoms. The van der Waals surface area contributed by atoms with Gasteiger partial charge in [0.1, 0.15) is 0 Å². The van der Waals surface area contributed by atoms with E-state index >= 15 is 0 Å². The van der Waals surface area contributed by atoms with Crippen molar-refractivity contribution in [1.82, 2.24) is 9.97 Å². The number of rotatable bonds is 6. The van der Waals surface area contributed by atoms with Gasteiger partial charge in [0, 0.05) is 48.5 Å². The zero-order chi connectivity index (χ0) is 26.2. The molecule has 0 bridgehead atoms. The van der Waals surface area contributed by atoms with Gasteiger partial charge in [0.2, 0.25) is 11.9 Å². The molecule has 1 aliphatic heterocycles. The molecule has 0 saturated carbocycles. The first-order chi connectivity index (χ1) is 17.7. The second-order valence-corrected chi connectivity index (χ2v) is 10.7. The monoisotopic (exact) mass is 514 g/mol. The number of hydrogen-bond acceptors (Lipinski definition) is 7. The molecule has 0 radical (unpaired) electrons. The molecule has 1 amide bonds. The highest BCUT2D eigenvalue weighted by Gasteiger charge is 2.21. The number of aromatic nitrogens is 2. The van der Waals surface area contributed by atoms with Crippen molar-refractivity contribution in [1.29, 1.82) is 0 Å². The highest BCUT2D eigenvalue weighted by molar-refractivity contribution is 7.92. The molecule has 4 aromatic rings. The zero-order valence-corrected chi connectivity index (χ0v) is 21.4. The van der Waals surface area contributed by atoms with Gasteiger partial charge in [0.25, 0.3) is 10.0 Å². The Morgan fingerprint density at radius 2 is 1.65 bits per heavy atom. The Morgan fingerprint density at radius 3 is 2.35 bits per heavy atom. The van der Waals surface area contributed by atoms with Crippen LogP contribution in [-0.4, -0.2) is 38.4 Å². The standard InChI is InChI=1S/C27H26N6O3S/c1-17-4-13-23-24(14-17)30-25(34)15-18-16-28-27(31-26(18)23)29-19-7-11-22(12-8-19)37(35,36)32-20-5-9-21(10-6-20)33(2)3/h4-14,16,32H,15H2,1-3H3,(H,30,34)(H,28,29,31). The van der Waals surface area contributed by atoms with E-state index in [4.69, 9.17) is 0 Å². The quantitative estimate of drug-likeness (QED) is 0.345. The van der Waals surface area contributed by atoms with Crippen LogP contribution >= 0.6 is 0 Å². The molecule has 3 aromatic carbocycles. The first-order valence-corrected chi connectivity index (χ1v) is 13.1. The van der Waals surface area contributed by atoms with Gasteiger partial charge in [-0.1, -0.05) is 12.1 Å². The molecule has 9 nitrogen and oxygen atoms in total. The maximum atomic E-state index is 12.9. The Bertz CT molecular complexity index is 1580. The van der Waals surface area contributed by atoms with E-state index in [-0.39, 0.29) is 17.2 Å². The van der Waals surface area contributed by atoms with E-state index in [0.717, 1.165) is 22.4 Å². The molecule has 0 unspecified atom stereocenters. The van der Waals surface area contributed by atoms with Crippen molar-refractivity contribution in [2.24, 2.45) is 0 Å². The first kappa shape index (κ1) is 24.3. The maximum absolute atomic E-state index is 12.9. The minimum Gasteiger partial charge on any atom is -0.378 e. The fourth-order valence-corrected chi connectivity index (χ4v) is 5.11. The number of nitrogens with zero attached hydrogens (tertiary/aromatic N) is 3. The smallest absolute Gasteiger partial charge is 0.261 e. The average molecular weight is 515 g/mol. The molecule has 1 aromatic heterocycles. The van der Waals surface area contributed by atoms with E-state index in [0.29, 0.717) is 28.7 Å². The molecule has 37 heavy (non-hydrogen) atoms. The van der Waals surface area contributed by atoms with Crippen LogP contribution in [0.15, 0.2) is 77.8 Å². The fraction of sp³-hybridized carbons (Fsp3) is 0.148. The van der Waals surface area contributed by atoms with Crippen molar-refractivity contribution in [2.75, 3.05) is 34.4 Å². The van der Waals surface area contributed by atoms with E-state index in [9.17, 15) is 13.2 Å². The molecular weight excluding hydrogens is 488 g/mol. The predicted octanol–water partition coefficient (Wildman–Crippen LogP) is 4.56. The lowest BCUT2D eigenvalue weighted by Gasteiger charge is -2.14. The highest BCUT2D eigenvalue weighted by Crippen LogP contribution is 2.34. The number of hydrogen-bond donors (Lipinski definition) is 3. The first-order valence-electron chi connectivity index (χ1n) is 11.6. The Balaban J connectivity index is 1.35. The van der Waals surface area contributed by atoms with Gasteiger partial charge in [-0.15, -0.1) is 0 Å². The molecule has 2 heterocycles. The average Bonchev–Trinajstić information content (AvgIpc) is 2.99. The van der Waals surface area contributed by atoms with Crippen molar-refractivity contribution in [2.45, 2.75) is 18.2 Å². The second-order valence-electron chi connectivity index (χ2n) is 9.04. The fourth-order valence-electron chi connectivity index (χ4n) is 4.05. The summed E-state index contributed by atoms with van der Waals surface area (Å²) < 4.78 is 28.3. The van der Waals surface area contributed by atoms with Gasteiger partial charge in [0.05, 0.1) is 22.7 Å². The summed E-state index contributed by atoms with van der Waals surface area (Å²) in [5.74, 6) is 0.225. The summed E-state index contributed by atoms with van der Waals surface area (Å²) >= 11 is 0. The number of benzene rings is 3. The third kappa shape index (κ3) is 5.24. The minimum absolute atomic E-state index is 0.117. The lowest BCUT2D eigenvalue weighted by Crippen LogP contribution is -2.13. The summed E-state index contributed by atoms with van der Waals surface area (Å²) in [4.78, 5) is 23.4. The number of carbonyl (C=O) groups is 1. The summed E-state index contributed by atoms with van der Waals surface area (Å²) in [6, 6.07) is 19.3. The number of carbonyl (C=O) groups excluding carboxylic acids is 1. The van der Waals surface area contributed by atoms with Gasteiger partial charge in [-0.25, -0.2) is 18.4 Å². The summed E-state index contributed by atoms with van der Waals surface area (Å²) in [7, 11) is 0.0839. The van der Waals surface area contributed by atoms with Crippen LogP contribution in [0.1, 0.15) is 11.1 Å². The van der Waals surface area contributed by atoms with Gasteiger partial charge in [-0.3, -0.25) is 9.52 Å². The van der Waals surface area contributed by atoms with Crippen LogP contribution in [0.2, 0.25) is 0 Å². The van der Waals surface area contributed by atoms with E-state index in [1.165, 1.54) is 12.1 Å². The third-order valence-corrected chi connectivity index (χ3v) is 7.37. The van der Waals surface area contributed by atoms with Crippen molar-refractivity contribution < 1.29 is 13.2 Å². The molecular formula is C27H26N6O3S. The summed E-state index contributed by atoms with van der Waals surface area (Å²) in [6.45, 7) is 1.96. The Labute approximate surface area is 215 Å². The SMILES string of the molecule is Cc1ccc2c(c1)NC(=O)Cc1cnc(Nc3ccc(S(=O)(=O)Nc4ccc(N(C)C)cc4)cc3)nc1-2. The Morgan fingerprint density at radius 1 is 0.946 bits per heavy atom. The van der Waals surface area contributed by atoms with Crippen molar-refractivity contribution in [3.8, 4) is 11.3 Å². The maximum Gasteiger partial charge on any atom is 0.261 e. The normalized spacial score (nSPS) is 12.6. The van der Waals surface area contributed by atoms with Gasteiger partial charge >= 0.3 is 0 Å². The van der Waals surface area contributed by atoms with E-state index < -0.39 is 10.0 Å². The van der Waals surface area contributed by atoms with Crippen molar-refractivity contribution in [3.05, 3.63) is 84.1 Å². The number of anilines is 5. The van der Waals surface area contributed by atoms with E-state index in [1.807, 2.05) is 56.3 Å². The van der Waals surface area contributed by atoms with Crippen LogP contribution < -0.4 is 20.3 Å². The summed E-state index contributed by atoms with van der Waals surface area (Å²) in [6.07, 6.45) is 1.82. The van der Waals surface area contributed by atoms with E-state index in [1.54, 1.807) is 30.5 Å². The largest absolute Gasteiger partial charge is 0.378 e. The number of nitrogens with one attached hydrogen (secondary N) is 3. The number of sulfonamides is 1. The molecule has 3 N–H and O–H groups in total. The molecule has 0 saturated heterocycles. The molecule has 1 aliphatic rings. The molecule has 0 aliphatic carbocycles. The summed E-state index contributed by atoms with van der Waals surface area (Å²) in [5.41, 5.74) is 6.06. The topological polar surface area (TPSA) is 116 Å². The van der Waals surface area contributed by atoms with Gasteiger partial charge < -0.3 is 15.5 Å². The lowest BCUT2D eigenvalue weighted by molar-refractivity contribution is -0.115. The van der Waals surface area contributed by atoms with Gasteiger partial charge in [0.15, 0.2) is 0 Å². The van der Waals surface area contributed by atoms with Crippen molar-refractivity contribution >= 4 is 44.6 Å². The second kappa shape index (κ2) is 9.55. The predicted molar refractivity (Wildman–Crippen MR) is 146 cm³/mol. The number of aryl methyl sites for hydroxylation is 1. The zero-order valence-electron chi connectivity index (χ0n) is 20.6. The van der Waals surface area contributed by atoms with Crippen LogP contribution in [0, 0.1) is 6.92 Å². The molecule has 0 atom stereocenters. The van der Waals surface area contributed by atoms with Crippen LogP contribution in [-0.2, 0) is 21.2 Å². The van der Waals surface area contributed by atoms with Crippen LogP contribution in [0.3, 0.4) is 0 Å². The third-order valence-electron chi connectivity index (χ3n) is 5.98. The Hall–Kier alpha value is -4.44. The summed E-state index contributed by atoms with van der Waals surface area (Å²) in [5, 5.41) is 6.06. The minimum atomic E-state index is -3.76. The van der Waals surface area contributed by atoms with Crippen LogP contribution in [0.4, 0.5) is 28.7 Å². The van der Waals surface area contributed by atoms with Gasteiger partial charge in [-0.05, 0) is 67.1 Å². The molecule has 188 valence electrons. The van der Waals surface area contributed by atoms with E-state index in [2.05, 4.69) is 25.3 Å². The Kier molecular flexibility index (Phi) is 6.26. The van der Waals surface area contributed by atoms with Crippen LogP contribution in [0.5, 0.6) is 0 Å². The highest BCUT2D eigenvalue weighted by atomic mass is 32.2. The molecule has 5 rings (SSSR count). The number of fused-ring (bicyclic) bond motifs is 3.